The molecule has 186 valence electrons. The normalized spacial score (nSPS) is 14.0. The topological polar surface area (TPSA) is 80.2 Å². The Hall–Kier alpha value is -4.20. The molecule has 1 saturated heterocycles. The van der Waals surface area contributed by atoms with E-state index in [2.05, 4.69) is 10.5 Å². The molecule has 0 radical (unpaired) electrons. The summed E-state index contributed by atoms with van der Waals surface area (Å²) in [5, 5.41) is 4.09. The average Bonchev–Trinajstić information content (AvgIpc) is 2.93. The van der Waals surface area contributed by atoms with Crippen LogP contribution in [0.15, 0.2) is 77.9 Å². The molecule has 4 rings (SSSR count). The van der Waals surface area contributed by atoms with Crippen LogP contribution in [0.25, 0.3) is 0 Å². The number of nitrogens with zero attached hydrogens (tertiary/aromatic N) is 2. The third-order valence-corrected chi connectivity index (χ3v) is 6.06. The first-order chi connectivity index (χ1) is 17.5. The number of carbonyl (C=O) groups is 2. The number of carbonyl (C=O) groups excluding carboxylic acids is 2. The molecule has 7 nitrogen and oxygen atoms in total. The van der Waals surface area contributed by atoms with E-state index in [1.807, 2.05) is 36.4 Å². The van der Waals surface area contributed by atoms with E-state index in [1.54, 1.807) is 30.4 Å². The van der Waals surface area contributed by atoms with Crippen LogP contribution in [0.1, 0.15) is 34.3 Å². The third-order valence-electron chi connectivity index (χ3n) is 6.06. The smallest absolute Gasteiger partial charge is 0.253 e. The van der Waals surface area contributed by atoms with E-state index in [9.17, 15) is 14.0 Å². The average molecular weight is 490 g/mol. The Kier molecular flexibility index (Phi) is 8.28. The lowest BCUT2D eigenvalue weighted by molar-refractivity contribution is -0.126. The van der Waals surface area contributed by atoms with Crippen molar-refractivity contribution in [1.29, 1.82) is 0 Å². The zero-order valence-corrected chi connectivity index (χ0v) is 20.0. The molecule has 3 aromatic carbocycles. The Balaban J connectivity index is 1.26. The molecule has 0 atom stereocenters. The van der Waals surface area contributed by atoms with Gasteiger partial charge in [-0.05, 0) is 66.4 Å². The van der Waals surface area contributed by atoms with Gasteiger partial charge in [-0.2, -0.15) is 5.10 Å². The fourth-order valence-corrected chi connectivity index (χ4v) is 4.00. The molecule has 0 spiro atoms. The minimum Gasteiger partial charge on any atom is -0.493 e. The predicted molar refractivity (Wildman–Crippen MR) is 135 cm³/mol. The van der Waals surface area contributed by atoms with Crippen molar-refractivity contribution in [3.63, 3.8) is 0 Å². The molecule has 36 heavy (non-hydrogen) atoms. The molecular formula is C28H28FN3O4. The molecule has 1 fully saturated rings. The van der Waals surface area contributed by atoms with E-state index in [0.29, 0.717) is 49.6 Å². The molecule has 1 aliphatic heterocycles. The SMILES string of the molecule is COc1cc(/C=N\NC(=O)C2CCN(C(=O)c3ccc(F)cc3)CC2)ccc1OCc1ccccc1. The highest BCUT2D eigenvalue weighted by molar-refractivity contribution is 5.94. The van der Waals surface area contributed by atoms with E-state index >= 15 is 0 Å². The van der Waals surface area contributed by atoms with Crippen molar-refractivity contribution in [2.75, 3.05) is 20.2 Å². The fourth-order valence-electron chi connectivity index (χ4n) is 4.00. The van der Waals surface area contributed by atoms with Gasteiger partial charge in [-0.1, -0.05) is 30.3 Å². The van der Waals surface area contributed by atoms with Gasteiger partial charge in [-0.15, -0.1) is 0 Å². The summed E-state index contributed by atoms with van der Waals surface area (Å²) in [6.07, 6.45) is 2.62. The Morgan fingerprint density at radius 1 is 1.03 bits per heavy atom. The number of likely N-dealkylation sites (tertiary alicyclic amines) is 1. The Labute approximate surface area is 209 Å². The molecule has 8 heteroatoms. The summed E-state index contributed by atoms with van der Waals surface area (Å²) in [4.78, 5) is 26.8. The minimum absolute atomic E-state index is 0.156. The third kappa shape index (κ3) is 6.47. The van der Waals surface area contributed by atoms with Crippen LogP contribution in [0.4, 0.5) is 4.39 Å². The number of hydrazone groups is 1. The van der Waals surface area contributed by atoms with Gasteiger partial charge in [-0.3, -0.25) is 9.59 Å². The molecule has 0 bridgehead atoms. The summed E-state index contributed by atoms with van der Waals surface area (Å²) in [7, 11) is 1.57. The monoisotopic (exact) mass is 489 g/mol. The molecule has 0 aromatic heterocycles. The summed E-state index contributed by atoms with van der Waals surface area (Å²) in [5.74, 6) is 0.229. The molecule has 1 aliphatic rings. The van der Waals surface area contributed by atoms with Gasteiger partial charge in [0.2, 0.25) is 5.91 Å². The van der Waals surface area contributed by atoms with E-state index in [0.717, 1.165) is 11.1 Å². The van der Waals surface area contributed by atoms with Gasteiger partial charge in [0.25, 0.3) is 5.91 Å². The van der Waals surface area contributed by atoms with Crippen molar-refractivity contribution >= 4 is 18.0 Å². The van der Waals surface area contributed by atoms with Gasteiger partial charge >= 0.3 is 0 Å². The Morgan fingerprint density at radius 2 is 1.75 bits per heavy atom. The second kappa shape index (κ2) is 12.0. The van der Waals surface area contributed by atoms with E-state index < -0.39 is 0 Å². The molecule has 0 unspecified atom stereocenters. The summed E-state index contributed by atoms with van der Waals surface area (Å²) in [6, 6.07) is 20.8. The van der Waals surface area contributed by atoms with Crippen LogP contribution in [0, 0.1) is 11.7 Å². The maximum Gasteiger partial charge on any atom is 0.253 e. The maximum atomic E-state index is 13.1. The van der Waals surface area contributed by atoms with Crippen LogP contribution in [0.3, 0.4) is 0 Å². The largest absolute Gasteiger partial charge is 0.493 e. The first kappa shape index (κ1) is 24.9. The lowest BCUT2D eigenvalue weighted by atomic mass is 9.95. The number of methoxy groups -OCH3 is 1. The Morgan fingerprint density at radius 3 is 2.44 bits per heavy atom. The maximum absolute atomic E-state index is 13.1. The van der Waals surface area contributed by atoms with E-state index in [4.69, 9.17) is 9.47 Å². The van der Waals surface area contributed by atoms with E-state index in [-0.39, 0.29) is 23.5 Å². The van der Waals surface area contributed by atoms with Crippen LogP contribution >= 0.6 is 0 Å². The van der Waals surface area contributed by atoms with Crippen molar-refractivity contribution in [3.05, 3.63) is 95.3 Å². The summed E-state index contributed by atoms with van der Waals surface area (Å²) in [5.41, 5.74) is 4.84. The van der Waals surface area contributed by atoms with Crippen LogP contribution in [0.5, 0.6) is 11.5 Å². The van der Waals surface area contributed by atoms with Gasteiger partial charge in [0.1, 0.15) is 12.4 Å². The zero-order chi connectivity index (χ0) is 25.3. The van der Waals surface area contributed by atoms with Gasteiger partial charge in [0.05, 0.1) is 13.3 Å². The molecule has 0 saturated carbocycles. The molecule has 2 amide bonds. The number of benzene rings is 3. The van der Waals surface area contributed by atoms with Gasteiger partial charge < -0.3 is 14.4 Å². The number of hydrogen-bond donors (Lipinski definition) is 1. The number of piperidine rings is 1. The molecular weight excluding hydrogens is 461 g/mol. The fraction of sp³-hybridized carbons (Fsp3) is 0.250. The minimum atomic E-state index is -0.381. The lowest BCUT2D eigenvalue weighted by Crippen LogP contribution is -2.42. The number of halogens is 1. The second-order valence-electron chi connectivity index (χ2n) is 8.49. The highest BCUT2D eigenvalue weighted by Gasteiger charge is 2.27. The van der Waals surface area contributed by atoms with Crippen molar-refractivity contribution in [3.8, 4) is 11.5 Å². The number of ether oxygens (including phenoxy) is 2. The van der Waals surface area contributed by atoms with Crippen molar-refractivity contribution in [2.45, 2.75) is 19.4 Å². The van der Waals surface area contributed by atoms with Crippen LogP contribution < -0.4 is 14.9 Å². The number of amides is 2. The van der Waals surface area contributed by atoms with Gasteiger partial charge in [0, 0.05) is 24.6 Å². The quantitative estimate of drug-likeness (QED) is 0.375. The van der Waals surface area contributed by atoms with Crippen LogP contribution in [-0.4, -0.2) is 43.1 Å². The summed E-state index contributed by atoms with van der Waals surface area (Å²) in [6.45, 7) is 1.34. The van der Waals surface area contributed by atoms with Crippen molar-refractivity contribution in [2.24, 2.45) is 11.0 Å². The standard InChI is InChI=1S/C28H28FN3O4/c1-35-26-17-21(7-12-25(26)36-19-20-5-3-2-4-6-20)18-30-31-27(33)22-13-15-32(16-14-22)28(34)23-8-10-24(29)11-9-23/h2-12,17-18,22H,13-16,19H2,1H3,(H,31,33)/b30-18-. The van der Waals surface area contributed by atoms with E-state index in [1.165, 1.54) is 24.3 Å². The lowest BCUT2D eigenvalue weighted by Gasteiger charge is -2.31. The van der Waals surface area contributed by atoms with Crippen molar-refractivity contribution in [1.82, 2.24) is 10.3 Å². The number of rotatable bonds is 8. The van der Waals surface area contributed by atoms with Crippen LogP contribution in [-0.2, 0) is 11.4 Å². The molecule has 1 N–H and O–H groups in total. The summed E-state index contributed by atoms with van der Waals surface area (Å²) >= 11 is 0. The number of nitrogens with one attached hydrogen (secondary N) is 1. The number of hydrogen-bond acceptors (Lipinski definition) is 5. The first-order valence-corrected chi connectivity index (χ1v) is 11.8. The zero-order valence-electron chi connectivity index (χ0n) is 20.0. The predicted octanol–water partition coefficient (Wildman–Crippen LogP) is 4.42. The second-order valence-corrected chi connectivity index (χ2v) is 8.49. The molecule has 3 aromatic rings. The summed E-state index contributed by atoms with van der Waals surface area (Å²) < 4.78 is 24.4. The van der Waals surface area contributed by atoms with Gasteiger partial charge in [-0.25, -0.2) is 9.82 Å². The highest BCUT2D eigenvalue weighted by atomic mass is 19.1. The Bertz CT molecular complexity index is 1210. The van der Waals surface area contributed by atoms with Crippen molar-refractivity contribution < 1.29 is 23.5 Å². The molecule has 0 aliphatic carbocycles. The van der Waals surface area contributed by atoms with Gasteiger partial charge in [0.15, 0.2) is 11.5 Å². The van der Waals surface area contributed by atoms with Crippen LogP contribution in [0.2, 0.25) is 0 Å². The highest BCUT2D eigenvalue weighted by Crippen LogP contribution is 2.28. The molecule has 1 heterocycles. The first-order valence-electron chi connectivity index (χ1n) is 11.8.